The van der Waals surface area contributed by atoms with Crippen LogP contribution in [0.3, 0.4) is 0 Å². The molecule has 35 heavy (non-hydrogen) atoms. The van der Waals surface area contributed by atoms with Crippen molar-refractivity contribution in [1.82, 2.24) is 4.90 Å². The first kappa shape index (κ1) is 25.3. The first-order chi connectivity index (χ1) is 16.4. The van der Waals surface area contributed by atoms with E-state index in [0.29, 0.717) is 37.4 Å². The number of hydrogen-bond donors (Lipinski definition) is 0. The average molecular weight is 478 g/mol. The lowest BCUT2D eigenvalue weighted by Crippen LogP contribution is -2.43. The highest BCUT2D eigenvalue weighted by Crippen LogP contribution is 2.54. The zero-order valence-corrected chi connectivity index (χ0v) is 22.3. The minimum absolute atomic E-state index is 0.120. The largest absolute Gasteiger partial charge is 0.493 e. The maximum Gasteiger partial charge on any atom is 0.164 e. The van der Waals surface area contributed by atoms with Gasteiger partial charge in [0.15, 0.2) is 23.1 Å². The Hall–Kier alpha value is -2.82. The van der Waals surface area contributed by atoms with Gasteiger partial charge in [0.05, 0.1) is 13.7 Å². The molecule has 1 aromatic carbocycles. The van der Waals surface area contributed by atoms with E-state index in [-0.39, 0.29) is 22.4 Å². The number of Topliss-reactive ketones (excluding diaryl/α,β-unsaturated/α-hetero) is 2. The number of carbonyl (C=O) groups excluding carboxylic acids is 2. The zero-order valence-electron chi connectivity index (χ0n) is 22.3. The van der Waals surface area contributed by atoms with E-state index in [0.717, 1.165) is 46.5 Å². The van der Waals surface area contributed by atoms with Crippen molar-refractivity contribution in [2.75, 3.05) is 20.8 Å². The maximum absolute atomic E-state index is 13.7. The smallest absolute Gasteiger partial charge is 0.164 e. The van der Waals surface area contributed by atoms with Crippen molar-refractivity contribution in [3.8, 4) is 11.5 Å². The van der Waals surface area contributed by atoms with Crippen LogP contribution in [0.4, 0.5) is 0 Å². The number of ether oxygens (including phenoxy) is 2. The van der Waals surface area contributed by atoms with Crippen LogP contribution in [0.2, 0.25) is 0 Å². The summed E-state index contributed by atoms with van der Waals surface area (Å²) in [6, 6.07) is 4.05. The third-order valence-electron chi connectivity index (χ3n) is 7.54. The molecule has 1 aliphatic heterocycles. The lowest BCUT2D eigenvalue weighted by molar-refractivity contribution is -0.119. The van der Waals surface area contributed by atoms with Crippen LogP contribution < -0.4 is 9.47 Å². The van der Waals surface area contributed by atoms with E-state index in [1.165, 1.54) is 0 Å². The number of hydrogen-bond acceptors (Lipinski definition) is 5. The summed E-state index contributed by atoms with van der Waals surface area (Å²) in [5.41, 5.74) is 5.28. The molecule has 1 aromatic rings. The summed E-state index contributed by atoms with van der Waals surface area (Å²) >= 11 is 0. The van der Waals surface area contributed by atoms with E-state index in [4.69, 9.17) is 9.47 Å². The molecule has 0 saturated heterocycles. The topological polar surface area (TPSA) is 55.8 Å². The van der Waals surface area contributed by atoms with Gasteiger partial charge in [-0.15, -0.1) is 6.58 Å². The van der Waals surface area contributed by atoms with Gasteiger partial charge < -0.3 is 14.4 Å². The third-order valence-corrected chi connectivity index (χ3v) is 7.54. The van der Waals surface area contributed by atoms with Crippen LogP contribution >= 0.6 is 0 Å². The van der Waals surface area contributed by atoms with Crippen molar-refractivity contribution in [3.05, 3.63) is 58.5 Å². The highest BCUT2D eigenvalue weighted by molar-refractivity contribution is 6.06. The van der Waals surface area contributed by atoms with Crippen molar-refractivity contribution in [3.63, 3.8) is 0 Å². The predicted octanol–water partition coefficient (Wildman–Crippen LogP) is 6.14. The van der Waals surface area contributed by atoms with E-state index in [1.54, 1.807) is 7.11 Å². The summed E-state index contributed by atoms with van der Waals surface area (Å²) in [7, 11) is 3.67. The van der Waals surface area contributed by atoms with E-state index < -0.39 is 5.92 Å². The fourth-order valence-corrected chi connectivity index (χ4v) is 6.15. The summed E-state index contributed by atoms with van der Waals surface area (Å²) in [5, 5.41) is 0. The molecule has 0 bridgehead atoms. The van der Waals surface area contributed by atoms with Crippen molar-refractivity contribution in [2.45, 2.75) is 72.6 Å². The van der Waals surface area contributed by atoms with Crippen LogP contribution in [0.5, 0.6) is 11.5 Å². The number of ketones is 2. The minimum atomic E-state index is -0.392. The Morgan fingerprint density at radius 1 is 1.00 bits per heavy atom. The third kappa shape index (κ3) is 4.46. The van der Waals surface area contributed by atoms with Gasteiger partial charge >= 0.3 is 0 Å². The lowest BCUT2D eigenvalue weighted by Gasteiger charge is -2.48. The van der Waals surface area contributed by atoms with Crippen molar-refractivity contribution in [2.24, 2.45) is 10.8 Å². The molecule has 5 nitrogen and oxygen atoms in total. The molecular weight excluding hydrogens is 438 g/mol. The molecule has 0 N–H and O–H groups in total. The number of methoxy groups -OCH3 is 1. The molecule has 0 fully saturated rings. The monoisotopic (exact) mass is 477 g/mol. The summed E-state index contributed by atoms with van der Waals surface area (Å²) in [6.07, 6.45) is 5.01. The first-order valence-electron chi connectivity index (χ1n) is 12.6. The minimum Gasteiger partial charge on any atom is -0.493 e. The van der Waals surface area contributed by atoms with Gasteiger partial charge in [-0.05, 0) is 48.6 Å². The number of rotatable bonds is 6. The van der Waals surface area contributed by atoms with Gasteiger partial charge in [0.2, 0.25) is 0 Å². The molecule has 0 aromatic heterocycles. The second kappa shape index (κ2) is 9.00. The van der Waals surface area contributed by atoms with E-state index in [9.17, 15) is 9.59 Å². The summed E-state index contributed by atoms with van der Waals surface area (Å²) in [4.78, 5) is 29.6. The predicted molar refractivity (Wildman–Crippen MR) is 139 cm³/mol. The standard InChI is InChI=1S/C30H39NO4/c1-9-11-18-12-19(13-24(35-10-2)28(18)34-8)25-26-20(14-29(3,4)16-22(26)32)31(7)21-15-30(5,6)17-23(33)27(21)25/h9,12-13,25H,1,10-11,14-17H2,2-8H3. The zero-order chi connectivity index (χ0) is 25.7. The molecule has 0 saturated carbocycles. The van der Waals surface area contributed by atoms with Crippen LogP contribution in [-0.4, -0.2) is 37.2 Å². The Kier molecular flexibility index (Phi) is 6.50. The molecule has 188 valence electrons. The molecule has 1 heterocycles. The van der Waals surface area contributed by atoms with Gasteiger partial charge in [-0.1, -0.05) is 39.8 Å². The summed E-state index contributed by atoms with van der Waals surface area (Å²) in [6.45, 7) is 15.0. The molecular formula is C30H39NO4. The first-order valence-corrected chi connectivity index (χ1v) is 12.6. The van der Waals surface area contributed by atoms with Crippen molar-refractivity contribution in [1.29, 1.82) is 0 Å². The second-order valence-corrected chi connectivity index (χ2v) is 11.7. The van der Waals surface area contributed by atoms with Crippen LogP contribution in [0.25, 0.3) is 0 Å². The normalized spacial score (nSPS) is 21.6. The molecule has 5 heteroatoms. The van der Waals surface area contributed by atoms with Crippen LogP contribution in [0.15, 0.2) is 47.3 Å². The van der Waals surface area contributed by atoms with Gasteiger partial charge in [-0.3, -0.25) is 9.59 Å². The van der Waals surface area contributed by atoms with Crippen LogP contribution in [-0.2, 0) is 16.0 Å². The van der Waals surface area contributed by atoms with E-state index in [1.807, 2.05) is 26.1 Å². The lowest BCUT2D eigenvalue weighted by atomic mass is 9.63. The van der Waals surface area contributed by atoms with Crippen LogP contribution in [0.1, 0.15) is 77.3 Å². The molecule has 3 aliphatic rings. The summed E-state index contributed by atoms with van der Waals surface area (Å²) < 4.78 is 11.7. The molecule has 4 rings (SSSR count). The highest BCUT2D eigenvalue weighted by Gasteiger charge is 2.48. The fraction of sp³-hybridized carbons (Fsp3) is 0.533. The maximum atomic E-state index is 13.7. The van der Waals surface area contributed by atoms with Gasteiger partial charge in [0, 0.05) is 53.9 Å². The van der Waals surface area contributed by atoms with Crippen LogP contribution in [0, 0.1) is 10.8 Å². The molecule has 0 spiro atoms. The van der Waals surface area contributed by atoms with Gasteiger partial charge in [-0.2, -0.15) is 0 Å². The van der Waals surface area contributed by atoms with Crippen molar-refractivity contribution >= 4 is 11.6 Å². The number of benzene rings is 1. The Bertz CT molecular complexity index is 1100. The number of nitrogens with zero attached hydrogens (tertiary/aromatic N) is 1. The highest BCUT2D eigenvalue weighted by atomic mass is 16.5. The van der Waals surface area contributed by atoms with Gasteiger partial charge in [-0.25, -0.2) is 0 Å². The Labute approximate surface area is 209 Å². The van der Waals surface area contributed by atoms with Gasteiger partial charge in [0.25, 0.3) is 0 Å². The Morgan fingerprint density at radius 3 is 2.00 bits per heavy atom. The molecule has 2 aliphatic carbocycles. The van der Waals surface area contributed by atoms with E-state index in [2.05, 4.69) is 45.2 Å². The average Bonchev–Trinajstić information content (AvgIpc) is 2.74. The molecule has 0 amide bonds. The number of carbonyl (C=O) groups is 2. The van der Waals surface area contributed by atoms with Gasteiger partial charge in [0.1, 0.15) is 0 Å². The number of allylic oxidation sites excluding steroid dienone is 5. The Morgan fingerprint density at radius 2 is 1.54 bits per heavy atom. The summed E-state index contributed by atoms with van der Waals surface area (Å²) in [5.74, 6) is 1.20. The second-order valence-electron chi connectivity index (χ2n) is 11.7. The van der Waals surface area contributed by atoms with E-state index >= 15 is 0 Å². The molecule has 0 radical (unpaired) electrons. The Balaban J connectivity index is 2.01. The van der Waals surface area contributed by atoms with Crippen molar-refractivity contribution < 1.29 is 19.1 Å². The molecule has 0 unspecified atom stereocenters. The molecule has 0 atom stereocenters. The quantitative estimate of drug-likeness (QED) is 0.461. The SMILES string of the molecule is C=CCc1cc(C2C3=C(CC(C)(C)CC3=O)N(C)C3=C2C(=O)CC(C)(C)C3)cc(OCC)c1OC. The fourth-order valence-electron chi connectivity index (χ4n) is 6.15.